The third kappa shape index (κ3) is 6.33. The molecular formula is C25H22F6N2O4S. The molecule has 1 heterocycles. The summed E-state index contributed by atoms with van der Waals surface area (Å²) in [6.45, 7) is 2.41. The van der Waals surface area contributed by atoms with E-state index in [0.29, 0.717) is 25.1 Å². The Morgan fingerprint density at radius 3 is 2.16 bits per heavy atom. The fourth-order valence-corrected chi connectivity index (χ4v) is 4.94. The largest absolute Gasteiger partial charge is 0.485 e. The van der Waals surface area contributed by atoms with Crippen LogP contribution in [0, 0.1) is 0 Å². The van der Waals surface area contributed by atoms with Crippen LogP contribution in [-0.2, 0) is 22.4 Å². The van der Waals surface area contributed by atoms with Crippen molar-refractivity contribution in [3.63, 3.8) is 0 Å². The van der Waals surface area contributed by atoms with Crippen LogP contribution in [0.5, 0.6) is 17.2 Å². The Balaban J connectivity index is 1.66. The second-order valence-electron chi connectivity index (χ2n) is 8.86. The number of anilines is 1. The van der Waals surface area contributed by atoms with Crippen LogP contribution in [0.1, 0.15) is 24.5 Å². The lowest BCUT2D eigenvalue weighted by Crippen LogP contribution is -2.35. The molecule has 38 heavy (non-hydrogen) atoms. The predicted octanol–water partition coefficient (Wildman–Crippen LogP) is 6.45. The quantitative estimate of drug-likeness (QED) is 0.325. The first-order valence-corrected chi connectivity index (χ1v) is 12.7. The summed E-state index contributed by atoms with van der Waals surface area (Å²) in [4.78, 5) is -0.764. The number of benzene rings is 3. The summed E-state index contributed by atoms with van der Waals surface area (Å²) in [7, 11) is -4.65. The second-order valence-corrected chi connectivity index (χ2v) is 10.5. The highest BCUT2D eigenvalue weighted by Gasteiger charge is 2.39. The van der Waals surface area contributed by atoms with Gasteiger partial charge in [-0.05, 0) is 55.9 Å². The van der Waals surface area contributed by atoms with Crippen molar-refractivity contribution in [2.24, 2.45) is 0 Å². The van der Waals surface area contributed by atoms with Crippen molar-refractivity contribution in [2.75, 3.05) is 17.8 Å². The lowest BCUT2D eigenvalue weighted by molar-refractivity contribution is -0.140. The maximum atomic E-state index is 13.8. The van der Waals surface area contributed by atoms with Crippen LogP contribution in [0.3, 0.4) is 0 Å². The van der Waals surface area contributed by atoms with Gasteiger partial charge in [0.25, 0.3) is 10.0 Å². The van der Waals surface area contributed by atoms with E-state index in [1.54, 1.807) is 25.1 Å². The Labute approximate surface area is 214 Å². The van der Waals surface area contributed by atoms with Gasteiger partial charge in [0.1, 0.15) is 22.8 Å². The number of sulfonamides is 1. The first-order valence-electron chi connectivity index (χ1n) is 11.2. The van der Waals surface area contributed by atoms with Gasteiger partial charge in [0.05, 0.1) is 21.7 Å². The van der Waals surface area contributed by atoms with Gasteiger partial charge in [-0.25, -0.2) is 8.42 Å². The number of hydrogen-bond acceptors (Lipinski definition) is 5. The molecule has 1 aliphatic heterocycles. The van der Waals surface area contributed by atoms with Crippen molar-refractivity contribution in [1.29, 1.82) is 0 Å². The van der Waals surface area contributed by atoms with Crippen LogP contribution in [0.2, 0.25) is 0 Å². The fraction of sp³-hybridized carbons (Fsp3) is 0.280. The van der Waals surface area contributed by atoms with Crippen LogP contribution in [0.25, 0.3) is 0 Å². The van der Waals surface area contributed by atoms with Crippen molar-refractivity contribution >= 4 is 15.7 Å². The zero-order chi connectivity index (χ0) is 27.8. The van der Waals surface area contributed by atoms with Crippen molar-refractivity contribution in [3.8, 4) is 17.2 Å². The van der Waals surface area contributed by atoms with E-state index in [1.807, 2.05) is 4.72 Å². The highest BCUT2D eigenvalue weighted by Crippen LogP contribution is 2.42. The fourth-order valence-electron chi connectivity index (χ4n) is 3.87. The van der Waals surface area contributed by atoms with E-state index in [4.69, 9.17) is 9.47 Å². The molecule has 1 atom stereocenters. The maximum Gasteiger partial charge on any atom is 0.420 e. The van der Waals surface area contributed by atoms with Gasteiger partial charge in [-0.1, -0.05) is 18.2 Å². The molecule has 13 heteroatoms. The molecule has 0 aliphatic carbocycles. The summed E-state index contributed by atoms with van der Waals surface area (Å²) < 4.78 is 121. The van der Waals surface area contributed by atoms with Crippen LogP contribution >= 0.6 is 0 Å². The molecule has 1 fully saturated rings. The van der Waals surface area contributed by atoms with Crippen molar-refractivity contribution in [3.05, 3.63) is 77.9 Å². The third-order valence-electron chi connectivity index (χ3n) is 5.76. The molecule has 1 saturated heterocycles. The van der Waals surface area contributed by atoms with Crippen molar-refractivity contribution < 1.29 is 44.2 Å². The molecule has 204 valence electrons. The van der Waals surface area contributed by atoms with Crippen LogP contribution in [-0.4, -0.2) is 27.1 Å². The lowest BCUT2D eigenvalue weighted by Gasteiger charge is -2.27. The number of hydrogen-bond donors (Lipinski definition) is 2. The van der Waals surface area contributed by atoms with Gasteiger partial charge in [0, 0.05) is 19.0 Å². The summed E-state index contributed by atoms with van der Waals surface area (Å²) in [5.41, 5.74) is -3.74. The van der Waals surface area contributed by atoms with Crippen molar-refractivity contribution in [1.82, 2.24) is 5.32 Å². The Hall–Kier alpha value is -3.45. The predicted molar refractivity (Wildman–Crippen MR) is 127 cm³/mol. The monoisotopic (exact) mass is 560 g/mol. The van der Waals surface area contributed by atoms with Gasteiger partial charge in [0.2, 0.25) is 0 Å². The van der Waals surface area contributed by atoms with Gasteiger partial charge < -0.3 is 14.8 Å². The van der Waals surface area contributed by atoms with Gasteiger partial charge in [-0.3, -0.25) is 4.72 Å². The summed E-state index contributed by atoms with van der Waals surface area (Å²) in [5, 5.41) is 2.98. The number of nitrogens with one attached hydrogen (secondary N) is 2. The summed E-state index contributed by atoms with van der Waals surface area (Å²) >= 11 is 0. The Kier molecular flexibility index (Phi) is 7.28. The third-order valence-corrected chi connectivity index (χ3v) is 7.14. The van der Waals surface area contributed by atoms with Gasteiger partial charge in [-0.2, -0.15) is 26.3 Å². The average Bonchev–Trinajstić information content (AvgIpc) is 3.24. The van der Waals surface area contributed by atoms with E-state index in [9.17, 15) is 34.8 Å². The number of ether oxygens (including phenoxy) is 2. The molecule has 0 bridgehead atoms. The van der Waals surface area contributed by atoms with E-state index < -0.39 is 55.5 Å². The summed E-state index contributed by atoms with van der Waals surface area (Å²) in [6.07, 6.45) is -9.33. The summed E-state index contributed by atoms with van der Waals surface area (Å²) in [5.74, 6) is -1.12. The number of halogens is 6. The Bertz CT molecular complexity index is 1400. The molecule has 2 N–H and O–H groups in total. The molecule has 0 radical (unpaired) electrons. The number of rotatable bonds is 7. The second kappa shape index (κ2) is 10.0. The Morgan fingerprint density at radius 2 is 1.55 bits per heavy atom. The highest BCUT2D eigenvalue weighted by atomic mass is 32.2. The van der Waals surface area contributed by atoms with E-state index in [1.165, 1.54) is 12.1 Å². The molecule has 0 unspecified atom stereocenters. The van der Waals surface area contributed by atoms with Crippen LogP contribution in [0.15, 0.2) is 71.6 Å². The lowest BCUT2D eigenvalue weighted by atomic mass is 10.1. The molecule has 0 amide bonds. The van der Waals surface area contributed by atoms with Gasteiger partial charge in [-0.15, -0.1) is 0 Å². The first-order chi connectivity index (χ1) is 17.7. The zero-order valence-electron chi connectivity index (χ0n) is 19.8. The number of para-hydroxylation sites is 1. The summed E-state index contributed by atoms with van der Waals surface area (Å²) in [6, 6.07) is 12.1. The van der Waals surface area contributed by atoms with Gasteiger partial charge in [0.15, 0.2) is 0 Å². The van der Waals surface area contributed by atoms with E-state index in [-0.39, 0.29) is 18.0 Å². The molecule has 3 aromatic rings. The van der Waals surface area contributed by atoms with E-state index >= 15 is 0 Å². The minimum absolute atomic E-state index is 0.107. The normalized spacial score (nSPS) is 18.3. The molecule has 6 nitrogen and oxygen atoms in total. The zero-order valence-corrected chi connectivity index (χ0v) is 20.6. The molecule has 4 rings (SSSR count). The minimum atomic E-state index is -4.96. The molecule has 0 aromatic heterocycles. The number of alkyl halides is 6. The topological polar surface area (TPSA) is 76.7 Å². The van der Waals surface area contributed by atoms with E-state index in [0.717, 1.165) is 24.3 Å². The molecule has 0 saturated carbocycles. The molecule has 0 spiro atoms. The molecular weight excluding hydrogens is 538 g/mol. The minimum Gasteiger partial charge on any atom is -0.485 e. The van der Waals surface area contributed by atoms with E-state index in [2.05, 4.69) is 5.32 Å². The SMILES string of the molecule is C[C@@]1(Oc2cc(NS(=O)(=O)c3ccc(Oc4ccccc4)c(C(F)(F)F)c3)ccc2C(F)(F)F)CCNC1. The van der Waals surface area contributed by atoms with Gasteiger partial charge >= 0.3 is 12.4 Å². The maximum absolute atomic E-state index is 13.8. The molecule has 1 aliphatic rings. The highest BCUT2D eigenvalue weighted by molar-refractivity contribution is 7.92. The standard InChI is InChI=1S/C25H22F6N2O4S/c1-23(11-12-32-15-23)37-22-13-16(7-9-19(22)24(26,27)28)33-38(34,35)18-8-10-21(20(14-18)25(29,30)31)36-17-5-3-2-4-6-17/h2-10,13-14,32-33H,11-12,15H2,1H3/t23-/m1/s1. The van der Waals surface area contributed by atoms with Crippen LogP contribution in [0.4, 0.5) is 32.0 Å². The Morgan fingerprint density at radius 1 is 0.868 bits per heavy atom. The first kappa shape index (κ1) is 27.6. The average molecular weight is 561 g/mol. The smallest absolute Gasteiger partial charge is 0.420 e. The van der Waals surface area contributed by atoms with Crippen molar-refractivity contribution in [2.45, 2.75) is 36.2 Å². The van der Waals surface area contributed by atoms with Crippen LogP contribution < -0.4 is 19.5 Å². The molecule has 3 aromatic carbocycles.